The van der Waals surface area contributed by atoms with Gasteiger partial charge in [0.2, 0.25) is 0 Å². The third kappa shape index (κ3) is 9.11. The van der Waals surface area contributed by atoms with Gasteiger partial charge in [-0.2, -0.15) is 5.10 Å². The second-order valence-corrected chi connectivity index (χ2v) is 8.82. The molecule has 8 nitrogen and oxygen atoms in total. The van der Waals surface area contributed by atoms with Gasteiger partial charge in [0.25, 0.3) is 5.91 Å². The number of amides is 1. The monoisotopic (exact) mass is 550 g/mol. The van der Waals surface area contributed by atoms with E-state index >= 15 is 0 Å². The number of rotatable bonds is 12. The van der Waals surface area contributed by atoms with Crippen molar-refractivity contribution in [1.29, 1.82) is 0 Å². The van der Waals surface area contributed by atoms with Crippen LogP contribution in [0.15, 0.2) is 114 Å². The second-order valence-electron chi connectivity index (χ2n) is 8.82. The minimum Gasteiger partial charge on any atom is -0.493 e. The Bertz CT molecular complexity index is 1490. The van der Waals surface area contributed by atoms with Crippen LogP contribution in [0.1, 0.15) is 23.6 Å². The molecule has 0 aliphatic rings. The summed E-state index contributed by atoms with van der Waals surface area (Å²) in [6.45, 7) is 2.09. The number of benzene rings is 4. The quantitative estimate of drug-likeness (QED) is 0.0786. The molecular weight excluding hydrogens is 520 g/mol. The molecule has 1 amide bonds. The lowest BCUT2D eigenvalue weighted by atomic mass is 10.2. The first-order chi connectivity index (χ1) is 20.0. The molecule has 0 saturated carbocycles. The van der Waals surface area contributed by atoms with Crippen molar-refractivity contribution in [2.24, 2.45) is 5.10 Å². The smallest absolute Gasteiger partial charge is 0.336 e. The van der Waals surface area contributed by atoms with Crippen LogP contribution in [-0.4, -0.2) is 31.3 Å². The van der Waals surface area contributed by atoms with Crippen LogP contribution in [-0.2, 0) is 16.2 Å². The SMILES string of the molecule is COc1cc(C=NNC(=O)C(C)Oc2ccc(OCc3ccccc3)cc2)ccc1OC(=O)C=Cc1ccccc1. The molecule has 0 radical (unpaired) electrons. The van der Waals surface area contributed by atoms with E-state index in [0.717, 1.165) is 11.1 Å². The Hall–Kier alpha value is -5.37. The Kier molecular flexibility index (Phi) is 10.3. The molecule has 0 aliphatic carbocycles. The van der Waals surface area contributed by atoms with Gasteiger partial charge in [-0.15, -0.1) is 0 Å². The van der Waals surface area contributed by atoms with Crippen LogP contribution in [0.3, 0.4) is 0 Å². The Morgan fingerprint density at radius 1 is 0.829 bits per heavy atom. The molecule has 0 heterocycles. The Balaban J connectivity index is 1.25. The normalized spacial score (nSPS) is 11.7. The van der Waals surface area contributed by atoms with Crippen LogP contribution in [0.2, 0.25) is 0 Å². The zero-order valence-corrected chi connectivity index (χ0v) is 22.7. The van der Waals surface area contributed by atoms with Crippen molar-refractivity contribution in [3.63, 3.8) is 0 Å². The molecule has 0 aliphatic heterocycles. The average molecular weight is 551 g/mol. The highest BCUT2D eigenvalue weighted by atomic mass is 16.6. The fourth-order valence-electron chi connectivity index (χ4n) is 3.59. The first-order valence-electron chi connectivity index (χ1n) is 12.9. The van der Waals surface area contributed by atoms with Gasteiger partial charge in [-0.3, -0.25) is 4.79 Å². The molecule has 1 N–H and O–H groups in total. The maximum atomic E-state index is 12.5. The highest BCUT2D eigenvalue weighted by Gasteiger charge is 2.14. The minimum absolute atomic E-state index is 0.259. The van der Waals surface area contributed by atoms with Crippen molar-refractivity contribution in [2.45, 2.75) is 19.6 Å². The van der Waals surface area contributed by atoms with E-state index in [9.17, 15) is 9.59 Å². The number of hydrazone groups is 1. The van der Waals surface area contributed by atoms with Crippen LogP contribution in [0.25, 0.3) is 6.08 Å². The molecule has 1 atom stereocenters. The summed E-state index contributed by atoms with van der Waals surface area (Å²) in [5.41, 5.74) is 5.04. The van der Waals surface area contributed by atoms with E-state index in [0.29, 0.717) is 29.4 Å². The van der Waals surface area contributed by atoms with E-state index in [-0.39, 0.29) is 5.75 Å². The van der Waals surface area contributed by atoms with Crippen molar-refractivity contribution in [2.75, 3.05) is 7.11 Å². The van der Waals surface area contributed by atoms with Crippen molar-refractivity contribution >= 4 is 24.2 Å². The topological polar surface area (TPSA) is 95.5 Å². The van der Waals surface area contributed by atoms with Gasteiger partial charge in [0, 0.05) is 6.08 Å². The van der Waals surface area contributed by atoms with Crippen molar-refractivity contribution in [3.05, 3.63) is 126 Å². The number of ether oxygens (including phenoxy) is 4. The number of hydrogen-bond donors (Lipinski definition) is 1. The van der Waals surface area contributed by atoms with E-state index < -0.39 is 18.0 Å². The number of esters is 1. The van der Waals surface area contributed by atoms with Gasteiger partial charge in [0.15, 0.2) is 17.6 Å². The molecule has 0 aromatic heterocycles. The van der Waals surface area contributed by atoms with Crippen molar-refractivity contribution < 1.29 is 28.5 Å². The summed E-state index contributed by atoms with van der Waals surface area (Å²) in [4.78, 5) is 24.7. The molecule has 208 valence electrons. The predicted molar refractivity (Wildman–Crippen MR) is 157 cm³/mol. The first-order valence-corrected chi connectivity index (χ1v) is 12.9. The van der Waals surface area contributed by atoms with Gasteiger partial charge in [0.05, 0.1) is 13.3 Å². The number of nitrogens with one attached hydrogen (secondary N) is 1. The number of carbonyl (C=O) groups excluding carboxylic acids is 2. The maximum absolute atomic E-state index is 12.5. The van der Waals surface area contributed by atoms with Gasteiger partial charge in [-0.25, -0.2) is 10.2 Å². The molecule has 0 bridgehead atoms. The zero-order valence-electron chi connectivity index (χ0n) is 22.7. The molecule has 4 aromatic rings. The van der Waals surface area contributed by atoms with Gasteiger partial charge >= 0.3 is 5.97 Å². The summed E-state index contributed by atoms with van der Waals surface area (Å²) in [7, 11) is 1.47. The highest BCUT2D eigenvalue weighted by Crippen LogP contribution is 2.28. The van der Waals surface area contributed by atoms with Gasteiger partial charge < -0.3 is 18.9 Å². The number of nitrogens with zero attached hydrogens (tertiary/aromatic N) is 1. The number of carbonyl (C=O) groups is 2. The van der Waals surface area contributed by atoms with Gasteiger partial charge in [0.1, 0.15) is 18.1 Å². The maximum Gasteiger partial charge on any atom is 0.336 e. The fourth-order valence-corrected chi connectivity index (χ4v) is 3.59. The van der Waals surface area contributed by atoms with E-state index in [1.165, 1.54) is 19.4 Å². The third-order valence-corrected chi connectivity index (χ3v) is 5.75. The molecule has 41 heavy (non-hydrogen) atoms. The van der Waals surface area contributed by atoms with E-state index in [1.807, 2.05) is 60.7 Å². The standard InChI is InChI=1S/C33H30N2O6/c1-24(40-29-17-15-28(16-18-29)39-23-26-11-7-4-8-12-26)33(37)35-34-22-27-13-19-30(31(21-27)38-2)41-32(36)20-14-25-9-5-3-6-10-25/h3-22,24H,23H2,1-2H3,(H,35,37). The molecule has 0 saturated heterocycles. The Morgan fingerprint density at radius 2 is 1.51 bits per heavy atom. The van der Waals surface area contributed by atoms with Crippen molar-refractivity contribution in [3.8, 4) is 23.0 Å². The molecule has 8 heteroatoms. The lowest BCUT2D eigenvalue weighted by Crippen LogP contribution is -2.33. The van der Waals surface area contributed by atoms with Gasteiger partial charge in [-0.1, -0.05) is 60.7 Å². The zero-order chi connectivity index (χ0) is 28.9. The summed E-state index contributed by atoms with van der Waals surface area (Å²) in [6.07, 6.45) is 3.67. The van der Waals surface area contributed by atoms with Crippen LogP contribution >= 0.6 is 0 Å². The predicted octanol–water partition coefficient (Wildman–Crippen LogP) is 5.81. The van der Waals surface area contributed by atoms with Crippen LogP contribution in [0, 0.1) is 0 Å². The van der Waals surface area contributed by atoms with E-state index in [1.54, 1.807) is 55.5 Å². The van der Waals surface area contributed by atoms with E-state index in [2.05, 4.69) is 10.5 Å². The van der Waals surface area contributed by atoms with Crippen LogP contribution in [0.5, 0.6) is 23.0 Å². The number of hydrogen-bond acceptors (Lipinski definition) is 7. The first kappa shape index (κ1) is 28.6. The molecule has 0 fully saturated rings. The summed E-state index contributed by atoms with van der Waals surface area (Å²) in [5.74, 6) is 0.863. The molecule has 4 rings (SSSR count). The fraction of sp³-hybridized carbons (Fsp3) is 0.121. The average Bonchev–Trinajstić information content (AvgIpc) is 3.01. The van der Waals surface area contributed by atoms with Crippen LogP contribution in [0.4, 0.5) is 0 Å². The highest BCUT2D eigenvalue weighted by molar-refractivity contribution is 5.89. The number of methoxy groups -OCH3 is 1. The van der Waals surface area contributed by atoms with Gasteiger partial charge in [-0.05, 0) is 72.2 Å². The lowest BCUT2D eigenvalue weighted by Gasteiger charge is -2.13. The van der Waals surface area contributed by atoms with E-state index in [4.69, 9.17) is 18.9 Å². The van der Waals surface area contributed by atoms with Crippen molar-refractivity contribution in [1.82, 2.24) is 5.43 Å². The van der Waals surface area contributed by atoms with Crippen LogP contribution < -0.4 is 24.4 Å². The Morgan fingerprint density at radius 3 is 2.22 bits per heavy atom. The lowest BCUT2D eigenvalue weighted by molar-refractivity contribution is -0.129. The molecule has 4 aromatic carbocycles. The minimum atomic E-state index is -0.788. The second kappa shape index (κ2) is 14.7. The molecular formula is C33H30N2O6. The summed E-state index contributed by atoms with van der Waals surface area (Å²) < 4.78 is 22.2. The molecule has 1 unspecified atom stereocenters. The third-order valence-electron chi connectivity index (χ3n) is 5.75. The summed E-state index contributed by atoms with van der Waals surface area (Å²) in [6, 6.07) is 31.3. The largest absolute Gasteiger partial charge is 0.493 e. The summed E-state index contributed by atoms with van der Waals surface area (Å²) in [5, 5.41) is 4.00. The Labute approximate surface area is 238 Å². The molecule has 0 spiro atoms. The summed E-state index contributed by atoms with van der Waals surface area (Å²) >= 11 is 0.